The summed E-state index contributed by atoms with van der Waals surface area (Å²) >= 11 is 0. The van der Waals surface area contributed by atoms with Crippen molar-refractivity contribution < 1.29 is 4.79 Å². The topological polar surface area (TPSA) is 29.1 Å². The van der Waals surface area contributed by atoms with Gasteiger partial charge in [0.15, 0.2) is 0 Å². The number of piperidine rings is 1. The molecule has 88 valence electrons. The van der Waals surface area contributed by atoms with E-state index in [9.17, 15) is 4.79 Å². The lowest BCUT2D eigenvalue weighted by atomic mass is 10.1. The SMILES string of the molecule is CC.CC.CC.CC1CCCC(=O)N1. The fraction of sp³-hybridized carbons (Fsp3) is 0.917. The third-order valence-corrected chi connectivity index (χ3v) is 1.45. The maximum Gasteiger partial charge on any atom is 0.220 e. The first-order chi connectivity index (χ1) is 6.79. The minimum atomic E-state index is 0.212. The van der Waals surface area contributed by atoms with E-state index in [4.69, 9.17) is 0 Å². The molecule has 1 fully saturated rings. The molecule has 1 saturated heterocycles. The summed E-state index contributed by atoms with van der Waals surface area (Å²) in [5, 5.41) is 2.84. The molecule has 1 aliphatic heterocycles. The van der Waals surface area contributed by atoms with E-state index in [0.717, 1.165) is 19.3 Å². The minimum Gasteiger partial charge on any atom is -0.354 e. The molecule has 14 heavy (non-hydrogen) atoms. The van der Waals surface area contributed by atoms with E-state index in [1.165, 1.54) is 0 Å². The molecule has 0 saturated carbocycles. The van der Waals surface area contributed by atoms with Gasteiger partial charge in [-0.1, -0.05) is 41.5 Å². The van der Waals surface area contributed by atoms with Gasteiger partial charge in [0.05, 0.1) is 0 Å². The van der Waals surface area contributed by atoms with E-state index in [-0.39, 0.29) is 5.91 Å². The van der Waals surface area contributed by atoms with E-state index in [1.807, 2.05) is 48.5 Å². The highest BCUT2D eigenvalue weighted by Crippen LogP contribution is 2.05. The zero-order valence-electron chi connectivity index (χ0n) is 11.1. The molecule has 1 rings (SSSR count). The van der Waals surface area contributed by atoms with Crippen molar-refractivity contribution >= 4 is 5.91 Å². The molecule has 0 aromatic heterocycles. The molecule has 1 heterocycles. The van der Waals surface area contributed by atoms with Crippen LogP contribution in [-0.2, 0) is 4.79 Å². The number of carbonyl (C=O) groups excluding carboxylic acids is 1. The second-order valence-electron chi connectivity index (χ2n) is 2.36. The first kappa shape index (κ1) is 19.1. The van der Waals surface area contributed by atoms with Crippen LogP contribution >= 0.6 is 0 Å². The van der Waals surface area contributed by atoms with E-state index >= 15 is 0 Å². The Balaban J connectivity index is -0.000000174. The van der Waals surface area contributed by atoms with Gasteiger partial charge in [0, 0.05) is 12.5 Å². The van der Waals surface area contributed by atoms with Crippen LogP contribution < -0.4 is 5.32 Å². The van der Waals surface area contributed by atoms with Crippen molar-refractivity contribution in [1.29, 1.82) is 0 Å². The lowest BCUT2D eigenvalue weighted by Crippen LogP contribution is -2.36. The molecular formula is C12H29NO. The monoisotopic (exact) mass is 203 g/mol. The Labute approximate surface area is 90.5 Å². The maximum atomic E-state index is 10.6. The van der Waals surface area contributed by atoms with Crippen LogP contribution in [0.4, 0.5) is 0 Å². The van der Waals surface area contributed by atoms with Crippen LogP contribution in [-0.4, -0.2) is 11.9 Å². The van der Waals surface area contributed by atoms with E-state index in [1.54, 1.807) is 0 Å². The van der Waals surface area contributed by atoms with Gasteiger partial charge in [-0.2, -0.15) is 0 Å². The minimum absolute atomic E-state index is 0.212. The quantitative estimate of drug-likeness (QED) is 0.638. The summed E-state index contributed by atoms with van der Waals surface area (Å²) in [7, 11) is 0. The third kappa shape index (κ3) is 14.0. The molecule has 0 bridgehead atoms. The predicted molar refractivity (Wildman–Crippen MR) is 65.5 cm³/mol. The van der Waals surface area contributed by atoms with Crippen molar-refractivity contribution in [3.8, 4) is 0 Å². The second-order valence-corrected chi connectivity index (χ2v) is 2.36. The number of amides is 1. The number of hydrogen-bond donors (Lipinski definition) is 1. The summed E-state index contributed by atoms with van der Waals surface area (Å²) in [5.41, 5.74) is 0. The Morgan fingerprint density at radius 2 is 1.50 bits per heavy atom. The summed E-state index contributed by atoms with van der Waals surface area (Å²) in [6.07, 6.45) is 2.93. The van der Waals surface area contributed by atoms with E-state index in [2.05, 4.69) is 5.32 Å². The first-order valence-corrected chi connectivity index (χ1v) is 6.08. The first-order valence-electron chi connectivity index (χ1n) is 6.08. The Morgan fingerprint density at radius 3 is 1.71 bits per heavy atom. The predicted octanol–water partition coefficient (Wildman–Crippen LogP) is 3.75. The molecular weight excluding hydrogens is 174 g/mol. The lowest BCUT2D eigenvalue weighted by Gasteiger charge is -2.18. The highest BCUT2D eigenvalue weighted by Gasteiger charge is 2.12. The summed E-state index contributed by atoms with van der Waals surface area (Å²) in [6.45, 7) is 14.0. The molecule has 1 amide bonds. The van der Waals surface area contributed by atoms with Gasteiger partial charge < -0.3 is 5.32 Å². The van der Waals surface area contributed by atoms with Gasteiger partial charge in [-0.15, -0.1) is 0 Å². The number of rotatable bonds is 0. The van der Waals surface area contributed by atoms with Gasteiger partial charge in [0.2, 0.25) is 5.91 Å². The second kappa shape index (κ2) is 18.3. The van der Waals surface area contributed by atoms with Crippen molar-refractivity contribution in [1.82, 2.24) is 5.32 Å². The van der Waals surface area contributed by atoms with Crippen molar-refractivity contribution in [2.45, 2.75) is 73.8 Å². The van der Waals surface area contributed by atoms with Crippen LogP contribution in [0.1, 0.15) is 67.7 Å². The van der Waals surface area contributed by atoms with Crippen molar-refractivity contribution in [3.05, 3.63) is 0 Å². The summed E-state index contributed by atoms with van der Waals surface area (Å²) in [4.78, 5) is 10.6. The average Bonchev–Trinajstić information content (AvgIpc) is 2.26. The van der Waals surface area contributed by atoms with Gasteiger partial charge in [0.25, 0.3) is 0 Å². The smallest absolute Gasteiger partial charge is 0.220 e. The molecule has 0 spiro atoms. The van der Waals surface area contributed by atoms with Gasteiger partial charge in [-0.3, -0.25) is 4.79 Å². The summed E-state index contributed by atoms with van der Waals surface area (Å²) < 4.78 is 0. The van der Waals surface area contributed by atoms with Crippen molar-refractivity contribution in [2.24, 2.45) is 0 Å². The standard InChI is InChI=1S/C6H11NO.3C2H6/c1-5-3-2-4-6(8)7-5;3*1-2/h5H,2-4H2,1H3,(H,7,8);3*1-2H3. The normalized spacial score (nSPS) is 18.2. The highest BCUT2D eigenvalue weighted by molar-refractivity contribution is 5.76. The molecule has 1 N–H and O–H groups in total. The molecule has 2 heteroatoms. The largest absolute Gasteiger partial charge is 0.354 e. The van der Waals surface area contributed by atoms with Gasteiger partial charge >= 0.3 is 0 Å². The molecule has 1 aliphatic rings. The molecule has 0 aromatic carbocycles. The third-order valence-electron chi connectivity index (χ3n) is 1.45. The number of hydrogen-bond acceptors (Lipinski definition) is 1. The fourth-order valence-corrected chi connectivity index (χ4v) is 0.988. The Morgan fingerprint density at radius 1 is 1.07 bits per heavy atom. The summed E-state index contributed by atoms with van der Waals surface area (Å²) in [5.74, 6) is 0.212. The van der Waals surface area contributed by atoms with Crippen molar-refractivity contribution in [2.75, 3.05) is 0 Å². The van der Waals surface area contributed by atoms with Gasteiger partial charge in [0.1, 0.15) is 0 Å². The van der Waals surface area contributed by atoms with E-state index < -0.39 is 0 Å². The van der Waals surface area contributed by atoms with Crippen LogP contribution in [0, 0.1) is 0 Å². The molecule has 0 aliphatic carbocycles. The fourth-order valence-electron chi connectivity index (χ4n) is 0.988. The van der Waals surface area contributed by atoms with Crippen LogP contribution in [0.15, 0.2) is 0 Å². The maximum absolute atomic E-state index is 10.6. The van der Waals surface area contributed by atoms with Crippen LogP contribution in [0.3, 0.4) is 0 Å². The van der Waals surface area contributed by atoms with Crippen molar-refractivity contribution in [3.63, 3.8) is 0 Å². The average molecular weight is 203 g/mol. The molecule has 0 aromatic rings. The van der Waals surface area contributed by atoms with Gasteiger partial charge in [-0.05, 0) is 19.8 Å². The van der Waals surface area contributed by atoms with Crippen LogP contribution in [0.5, 0.6) is 0 Å². The molecule has 0 radical (unpaired) electrons. The zero-order chi connectivity index (χ0) is 12.0. The Kier molecular flexibility index (Phi) is 25.0. The molecule has 2 nitrogen and oxygen atoms in total. The number of nitrogens with one attached hydrogen (secondary N) is 1. The van der Waals surface area contributed by atoms with Crippen LogP contribution in [0.25, 0.3) is 0 Å². The number of carbonyl (C=O) groups is 1. The zero-order valence-corrected chi connectivity index (χ0v) is 11.1. The molecule has 1 unspecified atom stereocenters. The summed E-state index contributed by atoms with van der Waals surface area (Å²) in [6, 6.07) is 0.413. The highest BCUT2D eigenvalue weighted by atomic mass is 16.1. The van der Waals surface area contributed by atoms with E-state index in [0.29, 0.717) is 6.04 Å². The molecule has 1 atom stereocenters. The Hall–Kier alpha value is -0.530. The Bertz CT molecular complexity index is 102. The van der Waals surface area contributed by atoms with Gasteiger partial charge in [-0.25, -0.2) is 0 Å². The van der Waals surface area contributed by atoms with Crippen LogP contribution in [0.2, 0.25) is 0 Å². The lowest BCUT2D eigenvalue weighted by molar-refractivity contribution is -0.123.